The Morgan fingerprint density at radius 2 is 2.24 bits per heavy atom. The van der Waals surface area contributed by atoms with Crippen LogP contribution >= 0.6 is 0 Å². The fourth-order valence-electron chi connectivity index (χ4n) is 1.65. The second kappa shape index (κ2) is 6.94. The van der Waals surface area contributed by atoms with Gasteiger partial charge >= 0.3 is 0 Å². The molecule has 94 valence electrons. The third-order valence-electron chi connectivity index (χ3n) is 2.84. The number of benzene rings is 1. The second-order valence-electron chi connectivity index (χ2n) is 4.48. The first kappa shape index (κ1) is 13.6. The van der Waals surface area contributed by atoms with Gasteiger partial charge in [-0.05, 0) is 43.9 Å². The minimum atomic E-state index is 0.142. The smallest absolute Gasteiger partial charge is 0.220 e. The van der Waals surface area contributed by atoms with E-state index in [1.807, 2.05) is 31.2 Å². The van der Waals surface area contributed by atoms with Crippen molar-refractivity contribution in [3.8, 4) is 0 Å². The number of anilines is 1. The molecule has 0 bridgehead atoms. The monoisotopic (exact) mass is 234 g/mol. The number of nitrogen functional groups attached to an aromatic ring is 1. The lowest BCUT2D eigenvalue weighted by atomic mass is 10.1. The lowest BCUT2D eigenvalue weighted by Crippen LogP contribution is -2.31. The van der Waals surface area contributed by atoms with Crippen LogP contribution < -0.4 is 11.1 Å². The Hall–Kier alpha value is -1.51. The summed E-state index contributed by atoms with van der Waals surface area (Å²) in [6.07, 6.45) is 3.32. The minimum Gasteiger partial charge on any atom is -0.399 e. The molecule has 1 aromatic carbocycles. The van der Waals surface area contributed by atoms with Crippen LogP contribution in [-0.2, 0) is 11.2 Å². The van der Waals surface area contributed by atoms with Crippen LogP contribution in [0.2, 0.25) is 0 Å². The maximum atomic E-state index is 11.5. The summed E-state index contributed by atoms with van der Waals surface area (Å²) in [4.78, 5) is 11.5. The molecule has 1 aromatic rings. The van der Waals surface area contributed by atoms with Crippen LogP contribution in [0.1, 0.15) is 38.7 Å². The summed E-state index contributed by atoms with van der Waals surface area (Å²) in [5, 5.41) is 2.96. The quantitative estimate of drug-likeness (QED) is 0.743. The first-order chi connectivity index (χ1) is 8.11. The van der Waals surface area contributed by atoms with Gasteiger partial charge < -0.3 is 11.1 Å². The van der Waals surface area contributed by atoms with Crippen molar-refractivity contribution in [3.63, 3.8) is 0 Å². The average Bonchev–Trinajstić information content (AvgIpc) is 2.29. The first-order valence-corrected chi connectivity index (χ1v) is 6.25. The van der Waals surface area contributed by atoms with Gasteiger partial charge in [-0.2, -0.15) is 0 Å². The molecular weight excluding hydrogens is 212 g/mol. The number of hydrogen-bond donors (Lipinski definition) is 2. The van der Waals surface area contributed by atoms with Gasteiger partial charge in [0.05, 0.1) is 0 Å². The largest absolute Gasteiger partial charge is 0.399 e. The Morgan fingerprint density at radius 3 is 2.88 bits per heavy atom. The van der Waals surface area contributed by atoms with Gasteiger partial charge in [0, 0.05) is 18.2 Å². The molecule has 0 radical (unpaired) electrons. The van der Waals surface area contributed by atoms with Crippen molar-refractivity contribution in [3.05, 3.63) is 29.8 Å². The number of carbonyl (C=O) groups is 1. The Labute approximate surface area is 103 Å². The summed E-state index contributed by atoms with van der Waals surface area (Å²) in [5.41, 5.74) is 7.67. The van der Waals surface area contributed by atoms with Gasteiger partial charge in [-0.3, -0.25) is 4.79 Å². The molecule has 1 amide bonds. The lowest BCUT2D eigenvalue weighted by Gasteiger charge is -2.11. The van der Waals surface area contributed by atoms with E-state index in [2.05, 4.69) is 12.2 Å². The zero-order chi connectivity index (χ0) is 12.7. The number of nitrogens with one attached hydrogen (secondary N) is 1. The topological polar surface area (TPSA) is 55.1 Å². The van der Waals surface area contributed by atoms with E-state index in [-0.39, 0.29) is 11.9 Å². The number of hydrogen-bond acceptors (Lipinski definition) is 2. The van der Waals surface area contributed by atoms with Gasteiger partial charge in [0.25, 0.3) is 0 Å². The molecule has 0 saturated heterocycles. The Bertz CT molecular complexity index is 363. The van der Waals surface area contributed by atoms with Gasteiger partial charge in [0.15, 0.2) is 0 Å². The summed E-state index contributed by atoms with van der Waals surface area (Å²) in [7, 11) is 0. The van der Waals surface area contributed by atoms with Crippen LogP contribution in [0, 0.1) is 0 Å². The molecule has 3 nitrogen and oxygen atoms in total. The second-order valence-corrected chi connectivity index (χ2v) is 4.48. The van der Waals surface area contributed by atoms with E-state index in [4.69, 9.17) is 5.73 Å². The van der Waals surface area contributed by atoms with Crippen LogP contribution in [0.5, 0.6) is 0 Å². The molecule has 17 heavy (non-hydrogen) atoms. The molecule has 3 N–H and O–H groups in total. The molecule has 0 heterocycles. The number of aryl methyl sites for hydroxylation is 1. The molecule has 0 aliphatic carbocycles. The minimum absolute atomic E-state index is 0.142. The van der Waals surface area contributed by atoms with Crippen molar-refractivity contribution >= 4 is 11.6 Å². The maximum Gasteiger partial charge on any atom is 0.220 e. The van der Waals surface area contributed by atoms with E-state index in [1.165, 1.54) is 5.56 Å². The van der Waals surface area contributed by atoms with Gasteiger partial charge in [0.1, 0.15) is 0 Å². The molecule has 0 saturated carbocycles. The fourth-order valence-corrected chi connectivity index (χ4v) is 1.65. The zero-order valence-corrected chi connectivity index (χ0v) is 10.7. The van der Waals surface area contributed by atoms with Crippen molar-refractivity contribution < 1.29 is 4.79 Å². The normalized spacial score (nSPS) is 12.1. The molecule has 0 spiro atoms. The first-order valence-electron chi connectivity index (χ1n) is 6.25. The highest BCUT2D eigenvalue weighted by atomic mass is 16.1. The van der Waals surface area contributed by atoms with Crippen LogP contribution in [0.4, 0.5) is 5.69 Å². The number of carbonyl (C=O) groups excluding carboxylic acids is 1. The van der Waals surface area contributed by atoms with E-state index in [0.717, 1.165) is 24.9 Å². The summed E-state index contributed by atoms with van der Waals surface area (Å²) in [6.45, 7) is 4.09. The Morgan fingerprint density at radius 1 is 1.47 bits per heavy atom. The highest BCUT2D eigenvalue weighted by Crippen LogP contribution is 2.09. The standard InChI is InChI=1S/C14H22N2O/c1-3-11(2)16-14(17)9-5-7-12-6-4-8-13(15)10-12/h4,6,8,10-11H,3,5,7,9,15H2,1-2H3,(H,16,17). The van der Waals surface area contributed by atoms with Crippen LogP contribution in [0.15, 0.2) is 24.3 Å². The van der Waals surface area contributed by atoms with Crippen molar-refractivity contribution in [2.75, 3.05) is 5.73 Å². The predicted octanol–water partition coefficient (Wildman–Crippen LogP) is 2.51. The van der Waals surface area contributed by atoms with Gasteiger partial charge in [-0.25, -0.2) is 0 Å². The lowest BCUT2D eigenvalue weighted by molar-refractivity contribution is -0.121. The van der Waals surface area contributed by atoms with Crippen molar-refractivity contribution in [1.29, 1.82) is 0 Å². The summed E-state index contributed by atoms with van der Waals surface area (Å²) in [6, 6.07) is 8.10. The van der Waals surface area contributed by atoms with E-state index >= 15 is 0 Å². The van der Waals surface area contributed by atoms with E-state index in [1.54, 1.807) is 0 Å². The maximum absolute atomic E-state index is 11.5. The molecule has 0 aliphatic heterocycles. The number of amides is 1. The van der Waals surface area contributed by atoms with E-state index in [0.29, 0.717) is 6.42 Å². The predicted molar refractivity (Wildman–Crippen MR) is 71.7 cm³/mol. The SMILES string of the molecule is CCC(C)NC(=O)CCCc1cccc(N)c1. The number of rotatable bonds is 6. The molecule has 1 unspecified atom stereocenters. The molecule has 1 atom stereocenters. The van der Waals surface area contributed by atoms with Crippen molar-refractivity contribution in [2.24, 2.45) is 0 Å². The number of nitrogens with two attached hydrogens (primary N) is 1. The molecule has 1 rings (SSSR count). The highest BCUT2D eigenvalue weighted by molar-refractivity contribution is 5.76. The van der Waals surface area contributed by atoms with E-state index in [9.17, 15) is 4.79 Å². The van der Waals surface area contributed by atoms with Crippen LogP contribution in [0.3, 0.4) is 0 Å². The third kappa shape index (κ3) is 5.38. The van der Waals surface area contributed by atoms with Gasteiger partial charge in [0.2, 0.25) is 5.91 Å². The Kier molecular flexibility index (Phi) is 5.53. The van der Waals surface area contributed by atoms with Crippen molar-refractivity contribution in [2.45, 2.75) is 45.6 Å². The summed E-state index contributed by atoms with van der Waals surface area (Å²) in [5.74, 6) is 0.142. The van der Waals surface area contributed by atoms with Gasteiger partial charge in [-0.15, -0.1) is 0 Å². The highest BCUT2D eigenvalue weighted by Gasteiger charge is 2.05. The molecule has 0 fully saturated rings. The van der Waals surface area contributed by atoms with Crippen molar-refractivity contribution in [1.82, 2.24) is 5.32 Å². The Balaban J connectivity index is 2.26. The summed E-state index contributed by atoms with van der Waals surface area (Å²) >= 11 is 0. The van der Waals surface area contributed by atoms with E-state index < -0.39 is 0 Å². The van der Waals surface area contributed by atoms with Gasteiger partial charge in [-0.1, -0.05) is 19.1 Å². The zero-order valence-electron chi connectivity index (χ0n) is 10.7. The fraction of sp³-hybridized carbons (Fsp3) is 0.500. The molecule has 0 aliphatic rings. The van der Waals surface area contributed by atoms with Crippen LogP contribution in [0.25, 0.3) is 0 Å². The molecular formula is C14H22N2O. The van der Waals surface area contributed by atoms with Crippen LogP contribution in [-0.4, -0.2) is 11.9 Å². The summed E-state index contributed by atoms with van der Waals surface area (Å²) < 4.78 is 0. The third-order valence-corrected chi connectivity index (χ3v) is 2.84. The molecule has 3 heteroatoms. The molecule has 0 aromatic heterocycles. The average molecular weight is 234 g/mol.